The first-order chi connectivity index (χ1) is 13.8. The molecule has 3 heterocycles. The summed E-state index contributed by atoms with van der Waals surface area (Å²) in [6.45, 7) is 7.99. The maximum absolute atomic E-state index is 12.9. The number of nitrogens with zero attached hydrogens (tertiary/aromatic N) is 4. The summed E-state index contributed by atoms with van der Waals surface area (Å²) in [5.74, 6) is 0.927. The number of rotatable bonds is 5. The van der Waals surface area contributed by atoms with Gasteiger partial charge in [-0.3, -0.25) is 4.90 Å². The van der Waals surface area contributed by atoms with E-state index in [1.165, 1.54) is 9.87 Å². The number of aromatic nitrogens is 2. The lowest BCUT2D eigenvalue weighted by Crippen LogP contribution is -2.48. The highest BCUT2D eigenvalue weighted by molar-refractivity contribution is 7.89. The first-order valence-electron chi connectivity index (χ1n) is 9.51. The van der Waals surface area contributed by atoms with Crippen LogP contribution < -0.4 is 0 Å². The summed E-state index contributed by atoms with van der Waals surface area (Å²) in [6, 6.07) is 8.03. The van der Waals surface area contributed by atoms with Crippen molar-refractivity contribution in [3.63, 3.8) is 0 Å². The number of sulfonamides is 1. The van der Waals surface area contributed by atoms with Crippen molar-refractivity contribution in [2.75, 3.05) is 26.2 Å². The molecule has 0 unspecified atom stereocenters. The lowest BCUT2D eigenvalue weighted by atomic mass is 10.1. The highest BCUT2D eigenvalue weighted by atomic mass is 32.2. The van der Waals surface area contributed by atoms with Crippen molar-refractivity contribution in [2.24, 2.45) is 0 Å². The second-order valence-corrected chi connectivity index (χ2v) is 9.22. The van der Waals surface area contributed by atoms with Gasteiger partial charge in [0.2, 0.25) is 15.9 Å². The van der Waals surface area contributed by atoms with Crippen molar-refractivity contribution < 1.29 is 17.4 Å². The third-order valence-corrected chi connectivity index (χ3v) is 7.28. The van der Waals surface area contributed by atoms with Gasteiger partial charge in [-0.15, -0.1) is 0 Å². The fourth-order valence-corrected chi connectivity index (χ4v) is 5.25. The number of piperazine rings is 1. The van der Waals surface area contributed by atoms with Gasteiger partial charge in [0.1, 0.15) is 16.9 Å². The molecule has 0 radical (unpaired) electrons. The predicted molar refractivity (Wildman–Crippen MR) is 107 cm³/mol. The summed E-state index contributed by atoms with van der Waals surface area (Å²) in [7, 11) is -3.60. The molecule has 1 aromatic carbocycles. The molecule has 1 fully saturated rings. The van der Waals surface area contributed by atoms with Crippen LogP contribution in [-0.2, 0) is 16.6 Å². The normalized spacial score (nSPS) is 16.4. The first-order valence-corrected chi connectivity index (χ1v) is 11.0. The van der Waals surface area contributed by atoms with E-state index in [0.29, 0.717) is 50.1 Å². The van der Waals surface area contributed by atoms with Gasteiger partial charge in [0.25, 0.3) is 0 Å². The van der Waals surface area contributed by atoms with E-state index in [1.807, 2.05) is 31.2 Å². The summed E-state index contributed by atoms with van der Waals surface area (Å²) >= 11 is 0. The molecule has 0 N–H and O–H groups in total. The molecule has 0 bridgehead atoms. The smallest absolute Gasteiger partial charge is 0.248 e. The van der Waals surface area contributed by atoms with E-state index in [1.54, 1.807) is 20.1 Å². The van der Waals surface area contributed by atoms with Crippen LogP contribution >= 0.6 is 0 Å². The molecular weight excluding hydrogens is 392 g/mol. The van der Waals surface area contributed by atoms with Crippen LogP contribution in [-0.4, -0.2) is 53.9 Å². The van der Waals surface area contributed by atoms with E-state index in [9.17, 15) is 8.42 Å². The molecule has 0 amide bonds. The highest BCUT2D eigenvalue weighted by Crippen LogP contribution is 2.25. The van der Waals surface area contributed by atoms with Gasteiger partial charge in [-0.2, -0.15) is 4.31 Å². The van der Waals surface area contributed by atoms with Crippen LogP contribution in [0.25, 0.3) is 11.5 Å². The molecule has 1 aliphatic rings. The van der Waals surface area contributed by atoms with Crippen LogP contribution in [0.3, 0.4) is 0 Å². The largest absolute Gasteiger partial charge is 0.444 e. The molecule has 0 saturated carbocycles. The Bertz CT molecular complexity index is 1070. The van der Waals surface area contributed by atoms with Crippen molar-refractivity contribution >= 4 is 10.0 Å². The number of aryl methyl sites for hydroxylation is 3. The van der Waals surface area contributed by atoms with Crippen molar-refractivity contribution in [3.05, 3.63) is 53.2 Å². The van der Waals surface area contributed by atoms with Gasteiger partial charge in [0, 0.05) is 38.3 Å². The van der Waals surface area contributed by atoms with Gasteiger partial charge in [-0.25, -0.2) is 13.4 Å². The van der Waals surface area contributed by atoms with Crippen molar-refractivity contribution in [2.45, 2.75) is 32.2 Å². The third-order valence-electron chi connectivity index (χ3n) is 5.13. The van der Waals surface area contributed by atoms with Crippen LogP contribution in [0.15, 0.2) is 44.4 Å². The Morgan fingerprint density at radius 3 is 2.34 bits per heavy atom. The van der Waals surface area contributed by atoms with Gasteiger partial charge in [0.05, 0.1) is 5.69 Å². The fraction of sp³-hybridized carbons (Fsp3) is 0.400. The molecule has 29 heavy (non-hydrogen) atoms. The minimum absolute atomic E-state index is 0.185. The average Bonchev–Trinajstić information content (AvgIpc) is 3.29. The van der Waals surface area contributed by atoms with Crippen LogP contribution in [0.2, 0.25) is 0 Å². The van der Waals surface area contributed by atoms with Gasteiger partial charge >= 0.3 is 0 Å². The molecule has 1 saturated heterocycles. The third kappa shape index (κ3) is 3.98. The average molecular weight is 417 g/mol. The number of hydrogen-bond acceptors (Lipinski definition) is 7. The van der Waals surface area contributed by atoms with E-state index >= 15 is 0 Å². The van der Waals surface area contributed by atoms with Crippen molar-refractivity contribution in [3.8, 4) is 11.5 Å². The molecule has 2 aromatic heterocycles. The lowest BCUT2D eigenvalue weighted by Gasteiger charge is -2.33. The Kier molecular flexibility index (Phi) is 5.28. The van der Waals surface area contributed by atoms with Gasteiger partial charge in [0.15, 0.2) is 5.76 Å². The molecule has 1 aliphatic heterocycles. The monoisotopic (exact) mass is 416 g/mol. The van der Waals surface area contributed by atoms with E-state index in [0.717, 1.165) is 11.3 Å². The Hall–Kier alpha value is -2.49. The van der Waals surface area contributed by atoms with E-state index < -0.39 is 10.0 Å². The standard InChI is InChI=1S/C20H24N4O4S/c1-14-4-6-17(7-5-14)20-21-18(13-27-20)12-23-8-10-24(11-9-23)29(25,26)19-15(2)22-28-16(19)3/h4-7,13H,8-12H2,1-3H3. The Morgan fingerprint density at radius 2 is 1.72 bits per heavy atom. The van der Waals surface area contributed by atoms with Gasteiger partial charge < -0.3 is 8.94 Å². The molecule has 8 nitrogen and oxygen atoms in total. The Balaban J connectivity index is 1.39. The Labute approximate surface area is 170 Å². The predicted octanol–water partition coefficient (Wildman–Crippen LogP) is 2.76. The molecule has 0 atom stereocenters. The lowest BCUT2D eigenvalue weighted by molar-refractivity contribution is 0.179. The zero-order chi connectivity index (χ0) is 20.6. The number of hydrogen-bond donors (Lipinski definition) is 0. The van der Waals surface area contributed by atoms with Crippen LogP contribution in [0.5, 0.6) is 0 Å². The zero-order valence-corrected chi connectivity index (χ0v) is 17.6. The van der Waals surface area contributed by atoms with Gasteiger partial charge in [-0.05, 0) is 32.9 Å². The maximum atomic E-state index is 12.9. The van der Waals surface area contributed by atoms with E-state index in [4.69, 9.17) is 8.94 Å². The topological polar surface area (TPSA) is 92.7 Å². The molecule has 0 spiro atoms. The highest BCUT2D eigenvalue weighted by Gasteiger charge is 2.33. The summed E-state index contributed by atoms with van der Waals surface area (Å²) in [5.41, 5.74) is 3.36. The summed E-state index contributed by atoms with van der Waals surface area (Å²) in [5, 5.41) is 3.77. The van der Waals surface area contributed by atoms with Crippen molar-refractivity contribution in [1.82, 2.24) is 19.3 Å². The molecular formula is C20H24N4O4S. The van der Waals surface area contributed by atoms with E-state index in [-0.39, 0.29) is 4.90 Å². The number of benzene rings is 1. The SMILES string of the molecule is Cc1ccc(-c2nc(CN3CCN(S(=O)(=O)c4c(C)noc4C)CC3)co2)cc1. The second-order valence-electron chi connectivity index (χ2n) is 7.34. The van der Waals surface area contributed by atoms with Gasteiger partial charge in [-0.1, -0.05) is 22.9 Å². The zero-order valence-electron chi connectivity index (χ0n) is 16.8. The summed E-state index contributed by atoms with van der Waals surface area (Å²) in [4.78, 5) is 6.94. The first kappa shape index (κ1) is 19.8. The Morgan fingerprint density at radius 1 is 1.03 bits per heavy atom. The fourth-order valence-electron chi connectivity index (χ4n) is 3.54. The maximum Gasteiger partial charge on any atom is 0.248 e. The number of oxazole rings is 1. The van der Waals surface area contributed by atoms with Crippen LogP contribution in [0.4, 0.5) is 0 Å². The minimum Gasteiger partial charge on any atom is -0.444 e. The molecule has 3 aromatic rings. The molecule has 4 rings (SSSR count). The quantitative estimate of drug-likeness (QED) is 0.631. The summed E-state index contributed by atoms with van der Waals surface area (Å²) in [6.07, 6.45) is 1.67. The summed E-state index contributed by atoms with van der Waals surface area (Å²) < 4.78 is 38.0. The molecule has 0 aliphatic carbocycles. The van der Waals surface area contributed by atoms with Crippen molar-refractivity contribution in [1.29, 1.82) is 0 Å². The molecule has 154 valence electrons. The van der Waals surface area contributed by atoms with Crippen LogP contribution in [0.1, 0.15) is 22.7 Å². The second kappa shape index (κ2) is 7.74. The minimum atomic E-state index is -3.60. The molecule has 9 heteroatoms. The van der Waals surface area contributed by atoms with Crippen LogP contribution in [0, 0.1) is 20.8 Å². The van der Waals surface area contributed by atoms with E-state index in [2.05, 4.69) is 15.0 Å².